The van der Waals surface area contributed by atoms with Gasteiger partial charge in [-0.3, -0.25) is 4.79 Å². The number of carbonyl (C=O) groups excluding carboxylic acids is 1. The van der Waals surface area contributed by atoms with Crippen molar-refractivity contribution in [2.45, 2.75) is 57.1 Å². The van der Waals surface area contributed by atoms with E-state index >= 15 is 0 Å². The van der Waals surface area contributed by atoms with Crippen molar-refractivity contribution in [3.05, 3.63) is 65.7 Å². The minimum absolute atomic E-state index is 0.167. The van der Waals surface area contributed by atoms with Crippen molar-refractivity contribution in [2.24, 2.45) is 5.10 Å². The quantitative estimate of drug-likeness (QED) is 0.239. The number of hydrogen-bond donors (Lipinski definition) is 6. The molecule has 10 nitrogen and oxygen atoms in total. The van der Waals surface area contributed by atoms with Crippen LogP contribution in [0.4, 0.5) is 0 Å². The highest BCUT2D eigenvalue weighted by atomic mass is 16.7. The first-order valence-corrected chi connectivity index (χ1v) is 10.8. The number of hydrazone groups is 1. The summed E-state index contributed by atoms with van der Waals surface area (Å²) in [4.78, 5) is 11.9. The van der Waals surface area contributed by atoms with Crippen LogP contribution >= 0.6 is 0 Å². The zero-order valence-electron chi connectivity index (χ0n) is 19.1. The van der Waals surface area contributed by atoms with E-state index in [0.717, 1.165) is 5.56 Å². The molecule has 10 heteroatoms. The van der Waals surface area contributed by atoms with Crippen LogP contribution in [0.2, 0.25) is 0 Å². The average molecular weight is 477 g/mol. The van der Waals surface area contributed by atoms with Gasteiger partial charge in [0.2, 0.25) is 12.2 Å². The fraction of sp³-hybridized carbons (Fsp3) is 0.417. The minimum Gasteiger partial charge on any atom is -0.462 e. The first-order chi connectivity index (χ1) is 16.2. The van der Waals surface area contributed by atoms with Crippen molar-refractivity contribution in [2.75, 3.05) is 6.61 Å². The maximum Gasteiger partial charge on any atom is 0.244 e. The van der Waals surface area contributed by atoms with Crippen LogP contribution in [-0.2, 0) is 16.0 Å². The van der Waals surface area contributed by atoms with E-state index < -0.39 is 37.3 Å². The Bertz CT molecular complexity index is 887. The number of benzene rings is 2. The van der Waals surface area contributed by atoms with Crippen molar-refractivity contribution in [1.29, 1.82) is 0 Å². The average Bonchev–Trinajstić information content (AvgIpc) is 2.81. The van der Waals surface area contributed by atoms with Gasteiger partial charge in [-0.05, 0) is 49.2 Å². The molecule has 34 heavy (non-hydrogen) atoms. The molecule has 0 radical (unpaired) electrons. The van der Waals surface area contributed by atoms with E-state index in [1.807, 2.05) is 30.3 Å². The van der Waals surface area contributed by atoms with Crippen molar-refractivity contribution in [1.82, 2.24) is 5.43 Å². The molecular weight excluding hydrogens is 444 g/mol. The highest BCUT2D eigenvalue weighted by Crippen LogP contribution is 2.24. The van der Waals surface area contributed by atoms with Gasteiger partial charge in [-0.2, -0.15) is 5.10 Å². The lowest BCUT2D eigenvalue weighted by atomic mass is 9.99. The molecule has 1 fully saturated rings. The molecule has 0 saturated carbocycles. The van der Waals surface area contributed by atoms with Gasteiger partial charge in [0.1, 0.15) is 30.2 Å². The first-order valence-electron chi connectivity index (χ1n) is 10.8. The van der Waals surface area contributed by atoms with E-state index in [-0.39, 0.29) is 18.4 Å². The largest absolute Gasteiger partial charge is 0.462 e. The Morgan fingerprint density at radius 3 is 2.26 bits per heavy atom. The highest BCUT2D eigenvalue weighted by molar-refractivity contribution is 5.83. The molecule has 3 rings (SSSR count). The van der Waals surface area contributed by atoms with Crippen LogP contribution in [0.3, 0.4) is 0 Å². The standard InChI is InChI=1S/C21H24N2O7.C3H8O/c24-12-16-18(26)19(27)20(28)21(30-16)29-15-8-6-14(7-9-15)11-22-23-17(25)10-13-4-2-1-3-5-13;1-3(2)4/h1-9,11,16,18-21,24,26-28H,10,12H2,(H,23,25);3-4H,1-2H3/b22-11+;/t16-,18-,19+,20-,21-;/m0./s1. The molecule has 1 aliphatic heterocycles. The van der Waals surface area contributed by atoms with Gasteiger partial charge in [0.15, 0.2) is 0 Å². The predicted octanol–water partition coefficient (Wildman–Crippen LogP) is -0.0548. The van der Waals surface area contributed by atoms with E-state index in [2.05, 4.69) is 10.5 Å². The molecule has 0 spiro atoms. The normalized spacial score (nSPS) is 24.4. The number of amides is 1. The van der Waals surface area contributed by atoms with Gasteiger partial charge < -0.3 is 35.0 Å². The molecule has 186 valence electrons. The molecule has 2 aromatic rings. The van der Waals surface area contributed by atoms with Crippen LogP contribution in [0.25, 0.3) is 0 Å². The third-order valence-electron chi connectivity index (χ3n) is 4.59. The molecule has 0 unspecified atom stereocenters. The second kappa shape index (κ2) is 13.8. The van der Waals surface area contributed by atoms with E-state index in [4.69, 9.17) is 14.6 Å². The lowest BCUT2D eigenvalue weighted by Crippen LogP contribution is -2.60. The fourth-order valence-corrected chi connectivity index (χ4v) is 2.93. The number of nitrogens with one attached hydrogen (secondary N) is 1. The maximum absolute atomic E-state index is 11.9. The van der Waals surface area contributed by atoms with Crippen molar-refractivity contribution >= 4 is 12.1 Å². The van der Waals surface area contributed by atoms with Crippen LogP contribution < -0.4 is 10.2 Å². The van der Waals surface area contributed by atoms with Gasteiger partial charge in [-0.15, -0.1) is 0 Å². The Hall–Kier alpha value is -2.86. The summed E-state index contributed by atoms with van der Waals surface area (Å²) in [5, 5.41) is 50.8. The SMILES string of the molecule is CC(C)O.O=C(Cc1ccccc1)N/N=C/c1ccc(O[C@H]2O[C@@H](CO)[C@H](O)[C@@H](O)[C@@H]2O)cc1. The number of carbonyl (C=O) groups is 1. The summed E-state index contributed by atoms with van der Waals surface area (Å²) >= 11 is 0. The van der Waals surface area contributed by atoms with Gasteiger partial charge in [0.25, 0.3) is 0 Å². The summed E-state index contributed by atoms with van der Waals surface area (Å²) in [5.41, 5.74) is 4.04. The summed E-state index contributed by atoms with van der Waals surface area (Å²) in [5.74, 6) is 0.101. The second-order valence-electron chi connectivity index (χ2n) is 7.93. The lowest BCUT2D eigenvalue weighted by Gasteiger charge is -2.39. The molecule has 0 aromatic heterocycles. The van der Waals surface area contributed by atoms with Crippen LogP contribution in [0, 0.1) is 0 Å². The minimum atomic E-state index is -1.51. The lowest BCUT2D eigenvalue weighted by molar-refractivity contribution is -0.277. The zero-order valence-corrected chi connectivity index (χ0v) is 19.1. The zero-order chi connectivity index (χ0) is 25.1. The van der Waals surface area contributed by atoms with Crippen molar-refractivity contribution < 1.29 is 39.8 Å². The van der Waals surface area contributed by atoms with Crippen molar-refractivity contribution in [3.63, 3.8) is 0 Å². The van der Waals surface area contributed by atoms with Crippen LogP contribution in [-0.4, -0.2) is 81.1 Å². The van der Waals surface area contributed by atoms with Crippen molar-refractivity contribution in [3.8, 4) is 5.75 Å². The molecule has 0 aliphatic carbocycles. The Kier molecular flexibility index (Phi) is 11.1. The summed E-state index contributed by atoms with van der Waals surface area (Å²) in [6.45, 7) is 2.91. The van der Waals surface area contributed by atoms with Gasteiger partial charge in [-0.1, -0.05) is 30.3 Å². The molecule has 6 N–H and O–H groups in total. The summed E-state index contributed by atoms with van der Waals surface area (Å²) in [7, 11) is 0. The summed E-state index contributed by atoms with van der Waals surface area (Å²) in [6.07, 6.45) is -5.20. The number of ether oxygens (including phenoxy) is 2. The smallest absolute Gasteiger partial charge is 0.244 e. The third-order valence-corrected chi connectivity index (χ3v) is 4.59. The van der Waals surface area contributed by atoms with Gasteiger partial charge in [0.05, 0.1) is 19.2 Å². The van der Waals surface area contributed by atoms with Gasteiger partial charge in [0, 0.05) is 6.10 Å². The van der Waals surface area contributed by atoms with Crippen LogP contribution in [0.5, 0.6) is 5.75 Å². The predicted molar refractivity (Wildman–Crippen MR) is 124 cm³/mol. The molecule has 1 heterocycles. The summed E-state index contributed by atoms with van der Waals surface area (Å²) < 4.78 is 10.8. The molecule has 1 amide bonds. The number of hydrogen-bond acceptors (Lipinski definition) is 9. The van der Waals surface area contributed by atoms with E-state index in [1.165, 1.54) is 6.21 Å². The number of rotatable bonds is 7. The molecule has 1 aliphatic rings. The third kappa shape index (κ3) is 8.82. The second-order valence-corrected chi connectivity index (χ2v) is 7.93. The van der Waals surface area contributed by atoms with Crippen LogP contribution in [0.15, 0.2) is 59.7 Å². The first kappa shape index (κ1) is 27.4. The van der Waals surface area contributed by atoms with E-state index in [1.54, 1.807) is 38.1 Å². The Labute approximate surface area is 198 Å². The van der Waals surface area contributed by atoms with Crippen LogP contribution in [0.1, 0.15) is 25.0 Å². The van der Waals surface area contributed by atoms with E-state index in [0.29, 0.717) is 11.3 Å². The number of aliphatic hydroxyl groups excluding tert-OH is 5. The number of aliphatic hydroxyl groups is 5. The monoisotopic (exact) mass is 476 g/mol. The van der Waals surface area contributed by atoms with Gasteiger partial charge in [-0.25, -0.2) is 5.43 Å². The molecule has 2 aromatic carbocycles. The molecule has 0 bridgehead atoms. The topological polar surface area (TPSA) is 161 Å². The van der Waals surface area contributed by atoms with Gasteiger partial charge >= 0.3 is 0 Å². The van der Waals surface area contributed by atoms with E-state index in [9.17, 15) is 25.2 Å². The maximum atomic E-state index is 11.9. The summed E-state index contributed by atoms with van der Waals surface area (Å²) in [6, 6.07) is 15.8. The molecule has 1 saturated heterocycles. The Morgan fingerprint density at radius 1 is 1.06 bits per heavy atom. The highest BCUT2D eigenvalue weighted by Gasteiger charge is 2.44. The number of nitrogens with zero attached hydrogens (tertiary/aromatic N) is 1. The molecular formula is C24H32N2O8. The Morgan fingerprint density at radius 2 is 1.68 bits per heavy atom. The fourth-order valence-electron chi connectivity index (χ4n) is 2.93. The Balaban J connectivity index is 0.000000945. The molecule has 5 atom stereocenters.